The van der Waals surface area contributed by atoms with Crippen molar-refractivity contribution in [3.05, 3.63) is 47.5 Å². The molecule has 0 spiro atoms. The highest BCUT2D eigenvalue weighted by atomic mass is 16.6. The first kappa shape index (κ1) is 18.2. The molecule has 26 heavy (non-hydrogen) atoms. The predicted octanol–water partition coefficient (Wildman–Crippen LogP) is 4.65. The van der Waals surface area contributed by atoms with Crippen molar-refractivity contribution >= 4 is 22.8 Å². The number of ether oxygens (including phenoxy) is 1. The van der Waals surface area contributed by atoms with E-state index in [1.54, 1.807) is 11.0 Å². The Morgan fingerprint density at radius 1 is 1.04 bits per heavy atom. The van der Waals surface area contributed by atoms with Gasteiger partial charge in [0.15, 0.2) is 0 Å². The molecule has 1 heterocycles. The average molecular weight is 355 g/mol. The molecule has 0 radical (unpaired) electrons. The number of carboxylic acids is 1. The lowest BCUT2D eigenvalue weighted by atomic mass is 9.85. The van der Waals surface area contributed by atoms with Gasteiger partial charge in [-0.15, -0.1) is 0 Å². The van der Waals surface area contributed by atoms with E-state index in [1.807, 2.05) is 51.1 Å². The summed E-state index contributed by atoms with van der Waals surface area (Å²) < 4.78 is 5.45. The van der Waals surface area contributed by atoms with Crippen molar-refractivity contribution in [3.8, 4) is 0 Å². The van der Waals surface area contributed by atoms with Crippen LogP contribution in [-0.4, -0.2) is 40.8 Å². The Morgan fingerprint density at radius 2 is 1.65 bits per heavy atom. The van der Waals surface area contributed by atoms with Crippen LogP contribution in [0.15, 0.2) is 36.4 Å². The lowest BCUT2D eigenvalue weighted by Crippen LogP contribution is -2.41. The molecule has 1 saturated heterocycles. The zero-order valence-corrected chi connectivity index (χ0v) is 15.5. The first-order chi connectivity index (χ1) is 12.3. The molecule has 0 aliphatic carbocycles. The molecule has 1 N–H and O–H groups in total. The van der Waals surface area contributed by atoms with E-state index in [4.69, 9.17) is 4.74 Å². The molecule has 2 aromatic rings. The van der Waals surface area contributed by atoms with Gasteiger partial charge in [0, 0.05) is 13.1 Å². The highest BCUT2D eigenvalue weighted by Gasteiger charge is 2.28. The number of nitrogens with zero attached hydrogens (tertiary/aromatic N) is 1. The number of hydrogen-bond donors (Lipinski definition) is 1. The molecule has 1 aliphatic heterocycles. The highest BCUT2D eigenvalue weighted by Crippen LogP contribution is 2.34. The van der Waals surface area contributed by atoms with Crippen LogP contribution in [0, 0.1) is 0 Å². The molecular formula is C21H25NO4. The van der Waals surface area contributed by atoms with E-state index >= 15 is 0 Å². The van der Waals surface area contributed by atoms with Gasteiger partial charge < -0.3 is 14.7 Å². The van der Waals surface area contributed by atoms with Crippen molar-refractivity contribution in [2.45, 2.75) is 45.1 Å². The Morgan fingerprint density at radius 3 is 2.23 bits per heavy atom. The molecule has 0 aromatic heterocycles. The number of amides is 1. The van der Waals surface area contributed by atoms with Crippen molar-refractivity contribution in [3.63, 3.8) is 0 Å². The molecule has 0 atom stereocenters. The first-order valence-corrected chi connectivity index (χ1v) is 8.99. The number of carbonyl (C=O) groups is 2. The van der Waals surface area contributed by atoms with E-state index in [0.29, 0.717) is 24.6 Å². The second-order valence-electron chi connectivity index (χ2n) is 7.79. The summed E-state index contributed by atoms with van der Waals surface area (Å²) in [6, 6.07) is 11.3. The largest absolute Gasteiger partial charge is 0.478 e. The molecule has 3 rings (SSSR count). The van der Waals surface area contributed by atoms with Crippen LogP contribution in [0.5, 0.6) is 0 Å². The highest BCUT2D eigenvalue weighted by molar-refractivity contribution is 6.04. The van der Waals surface area contributed by atoms with E-state index in [2.05, 4.69) is 0 Å². The number of piperidine rings is 1. The monoisotopic (exact) mass is 355 g/mol. The molecule has 0 bridgehead atoms. The van der Waals surface area contributed by atoms with Crippen molar-refractivity contribution in [1.82, 2.24) is 4.90 Å². The number of aromatic carboxylic acids is 1. The minimum Gasteiger partial charge on any atom is -0.478 e. The maximum absolute atomic E-state index is 12.2. The fourth-order valence-electron chi connectivity index (χ4n) is 3.56. The van der Waals surface area contributed by atoms with Crippen molar-refractivity contribution in [2.24, 2.45) is 0 Å². The lowest BCUT2D eigenvalue weighted by molar-refractivity contribution is 0.0205. The molecule has 0 saturated carbocycles. The Bertz CT molecular complexity index is 830. The zero-order chi connectivity index (χ0) is 18.9. The van der Waals surface area contributed by atoms with Gasteiger partial charge in [-0.05, 0) is 61.9 Å². The quantitative estimate of drug-likeness (QED) is 0.851. The van der Waals surface area contributed by atoms with Gasteiger partial charge in [0.1, 0.15) is 5.60 Å². The Balaban J connectivity index is 1.79. The average Bonchev–Trinajstić information content (AvgIpc) is 2.59. The maximum Gasteiger partial charge on any atom is 0.410 e. The number of likely N-dealkylation sites (tertiary alicyclic amines) is 1. The number of fused-ring (bicyclic) bond motifs is 1. The molecular weight excluding hydrogens is 330 g/mol. The standard InChI is InChI=1S/C21H25NO4/c1-21(2,3)26-20(25)22-12-10-14(11-13-22)15-8-9-18(19(23)24)17-7-5-4-6-16(15)17/h4-9,14H,10-13H2,1-3H3,(H,23,24). The zero-order valence-electron chi connectivity index (χ0n) is 15.5. The molecule has 0 unspecified atom stereocenters. The summed E-state index contributed by atoms with van der Waals surface area (Å²) in [5, 5.41) is 11.2. The fourth-order valence-corrected chi connectivity index (χ4v) is 3.56. The molecule has 1 amide bonds. The first-order valence-electron chi connectivity index (χ1n) is 8.99. The lowest BCUT2D eigenvalue weighted by Gasteiger charge is -2.34. The van der Waals surface area contributed by atoms with Gasteiger partial charge in [-0.25, -0.2) is 9.59 Å². The normalized spacial score (nSPS) is 15.9. The maximum atomic E-state index is 12.2. The second kappa shape index (κ2) is 6.98. The van der Waals surface area contributed by atoms with Crippen LogP contribution in [0.25, 0.3) is 10.8 Å². The summed E-state index contributed by atoms with van der Waals surface area (Å²) in [6.45, 7) is 6.90. The number of carbonyl (C=O) groups excluding carboxylic acids is 1. The topological polar surface area (TPSA) is 66.8 Å². The molecule has 5 nitrogen and oxygen atoms in total. The summed E-state index contributed by atoms with van der Waals surface area (Å²) in [5.74, 6) is -0.603. The van der Waals surface area contributed by atoms with Crippen molar-refractivity contribution < 1.29 is 19.4 Å². The van der Waals surface area contributed by atoms with Crippen LogP contribution in [0.1, 0.15) is 55.5 Å². The minimum atomic E-state index is -0.910. The fraction of sp³-hybridized carbons (Fsp3) is 0.429. The van der Waals surface area contributed by atoms with E-state index in [-0.39, 0.29) is 6.09 Å². The third-order valence-electron chi connectivity index (χ3n) is 4.77. The minimum absolute atomic E-state index is 0.262. The van der Waals surface area contributed by atoms with Gasteiger partial charge in [0.05, 0.1) is 5.56 Å². The Labute approximate surface area is 153 Å². The van der Waals surface area contributed by atoms with Gasteiger partial charge in [0.2, 0.25) is 0 Å². The number of benzene rings is 2. The van der Waals surface area contributed by atoms with Gasteiger partial charge in [-0.2, -0.15) is 0 Å². The van der Waals surface area contributed by atoms with Gasteiger partial charge >= 0.3 is 12.1 Å². The predicted molar refractivity (Wildman–Crippen MR) is 101 cm³/mol. The Hall–Kier alpha value is -2.56. The van der Waals surface area contributed by atoms with E-state index in [1.165, 1.54) is 0 Å². The summed E-state index contributed by atoms with van der Waals surface area (Å²) in [4.78, 5) is 25.5. The molecule has 2 aromatic carbocycles. The van der Waals surface area contributed by atoms with Crippen LogP contribution < -0.4 is 0 Å². The van der Waals surface area contributed by atoms with Gasteiger partial charge in [-0.3, -0.25) is 0 Å². The van der Waals surface area contributed by atoms with Crippen molar-refractivity contribution in [1.29, 1.82) is 0 Å². The molecule has 1 aliphatic rings. The summed E-state index contributed by atoms with van der Waals surface area (Å²) in [7, 11) is 0. The second-order valence-corrected chi connectivity index (χ2v) is 7.79. The van der Waals surface area contributed by atoms with Crippen molar-refractivity contribution in [2.75, 3.05) is 13.1 Å². The summed E-state index contributed by atoms with van der Waals surface area (Å²) in [5.41, 5.74) is 1.00. The Kier molecular flexibility index (Phi) is 4.90. The van der Waals surface area contributed by atoms with Crippen LogP contribution in [-0.2, 0) is 4.74 Å². The third-order valence-corrected chi connectivity index (χ3v) is 4.77. The smallest absolute Gasteiger partial charge is 0.410 e. The molecule has 138 valence electrons. The third kappa shape index (κ3) is 3.82. The van der Waals surface area contributed by atoms with Gasteiger partial charge in [-0.1, -0.05) is 30.3 Å². The number of rotatable bonds is 2. The van der Waals surface area contributed by atoms with Crippen LogP contribution in [0.4, 0.5) is 4.79 Å². The summed E-state index contributed by atoms with van der Waals surface area (Å²) in [6.07, 6.45) is 1.42. The van der Waals surface area contributed by atoms with Crippen LogP contribution >= 0.6 is 0 Å². The van der Waals surface area contributed by atoms with Crippen LogP contribution in [0.2, 0.25) is 0 Å². The van der Waals surface area contributed by atoms with Crippen LogP contribution in [0.3, 0.4) is 0 Å². The van der Waals surface area contributed by atoms with E-state index < -0.39 is 11.6 Å². The summed E-state index contributed by atoms with van der Waals surface area (Å²) >= 11 is 0. The van der Waals surface area contributed by atoms with Gasteiger partial charge in [0.25, 0.3) is 0 Å². The molecule has 5 heteroatoms. The van der Waals surface area contributed by atoms with E-state index in [0.717, 1.165) is 29.2 Å². The number of carboxylic acid groups (broad SMARTS) is 1. The number of hydrogen-bond acceptors (Lipinski definition) is 3. The SMILES string of the molecule is CC(C)(C)OC(=O)N1CCC(c2ccc(C(=O)O)c3ccccc23)CC1. The van der Waals surface area contributed by atoms with E-state index in [9.17, 15) is 14.7 Å². The molecule has 1 fully saturated rings.